The molecule has 72 valence electrons. The predicted molar refractivity (Wildman–Crippen MR) is 50.8 cm³/mol. The summed E-state index contributed by atoms with van der Waals surface area (Å²) in [6.07, 6.45) is 1.31. The van der Waals surface area contributed by atoms with Crippen LogP contribution in [0.15, 0.2) is 17.1 Å². The molecule has 2 rings (SSSR count). The van der Waals surface area contributed by atoms with E-state index in [0.717, 1.165) is 10.9 Å². The molecule has 2 aromatic heterocycles. The predicted octanol–water partition coefficient (Wildman–Crippen LogP) is 0.173. The van der Waals surface area contributed by atoms with Crippen molar-refractivity contribution in [3.05, 3.63) is 39.0 Å². The number of aromatic nitrogens is 3. The molecule has 14 heavy (non-hydrogen) atoms. The van der Waals surface area contributed by atoms with E-state index in [1.165, 1.54) is 6.20 Å². The minimum absolute atomic E-state index is 0.200. The Kier molecular flexibility index (Phi) is 1.73. The first-order valence-corrected chi connectivity index (χ1v) is 4.19. The van der Waals surface area contributed by atoms with Crippen molar-refractivity contribution in [1.82, 2.24) is 10.1 Å². The van der Waals surface area contributed by atoms with Gasteiger partial charge in [-0.2, -0.15) is 0 Å². The number of fused-ring (bicyclic) bond motifs is 1. The molecular weight excluding hydrogens is 182 g/mol. The van der Waals surface area contributed by atoms with Gasteiger partial charge in [0.15, 0.2) is 0 Å². The van der Waals surface area contributed by atoms with Crippen LogP contribution in [-0.2, 0) is 0 Å². The van der Waals surface area contributed by atoms with E-state index in [4.69, 9.17) is 0 Å². The first kappa shape index (κ1) is 8.68. The van der Waals surface area contributed by atoms with Gasteiger partial charge >= 0.3 is 0 Å². The molecule has 0 atom stereocenters. The van der Waals surface area contributed by atoms with Crippen LogP contribution in [0.25, 0.3) is 11.0 Å². The fourth-order valence-corrected chi connectivity index (χ4v) is 1.37. The molecule has 0 saturated heterocycles. The van der Waals surface area contributed by atoms with E-state index >= 15 is 0 Å². The summed E-state index contributed by atoms with van der Waals surface area (Å²) in [5, 5.41) is 15.3. The van der Waals surface area contributed by atoms with Crippen LogP contribution in [0.2, 0.25) is 0 Å². The van der Waals surface area contributed by atoms with Crippen LogP contribution in [0.1, 0.15) is 11.1 Å². The maximum absolute atomic E-state index is 11.4. The molecule has 0 aliphatic heterocycles. The van der Waals surface area contributed by atoms with Crippen molar-refractivity contribution < 1.29 is 4.85 Å². The topological polar surface area (TPSA) is 72.7 Å². The summed E-state index contributed by atoms with van der Waals surface area (Å²) in [7, 11) is 0. The van der Waals surface area contributed by atoms with E-state index in [0.29, 0.717) is 16.1 Å². The Hall–Kier alpha value is -1.91. The zero-order chi connectivity index (χ0) is 10.3. The van der Waals surface area contributed by atoms with Crippen LogP contribution in [0, 0.1) is 19.1 Å². The van der Waals surface area contributed by atoms with Gasteiger partial charge in [0.2, 0.25) is 11.8 Å². The van der Waals surface area contributed by atoms with Gasteiger partial charge in [-0.25, -0.2) is 0 Å². The molecule has 2 aromatic rings. The number of H-pyrrole nitrogens is 1. The number of hydrogen-bond donors (Lipinski definition) is 1. The first-order valence-electron chi connectivity index (χ1n) is 4.19. The molecule has 0 aliphatic carbocycles. The zero-order valence-electron chi connectivity index (χ0n) is 7.87. The minimum Gasteiger partial charge on any atom is -0.594 e. The van der Waals surface area contributed by atoms with Gasteiger partial charge in [0.1, 0.15) is 0 Å². The summed E-state index contributed by atoms with van der Waals surface area (Å²) in [5.74, 6) is 0. The van der Waals surface area contributed by atoms with E-state index < -0.39 is 0 Å². The average Bonchev–Trinajstić information content (AvgIpc) is 2.14. The van der Waals surface area contributed by atoms with Gasteiger partial charge in [-0.15, -0.1) is 0 Å². The molecule has 0 unspecified atom stereocenters. The lowest BCUT2D eigenvalue weighted by Crippen LogP contribution is -2.31. The first-order chi connectivity index (χ1) is 6.59. The third-order valence-electron chi connectivity index (χ3n) is 2.36. The lowest BCUT2D eigenvalue weighted by molar-refractivity contribution is -0.666. The number of rotatable bonds is 0. The summed E-state index contributed by atoms with van der Waals surface area (Å²) in [4.78, 5) is 14.3. The van der Waals surface area contributed by atoms with Crippen molar-refractivity contribution in [3.63, 3.8) is 0 Å². The smallest absolute Gasteiger partial charge is 0.252 e. The van der Waals surface area contributed by atoms with Crippen molar-refractivity contribution in [2.45, 2.75) is 13.8 Å². The quantitative estimate of drug-likeness (QED) is 0.476. The molecule has 0 spiro atoms. The molecule has 0 radical (unpaired) electrons. The Morgan fingerprint density at radius 1 is 1.43 bits per heavy atom. The maximum Gasteiger partial charge on any atom is 0.252 e. The summed E-state index contributed by atoms with van der Waals surface area (Å²) in [5.41, 5.74) is 1.64. The van der Waals surface area contributed by atoms with Crippen LogP contribution in [0.4, 0.5) is 0 Å². The SMILES string of the molecule is Cc1c(C)c2cc[n+]([O-])nc2[nH]c1=O. The van der Waals surface area contributed by atoms with Gasteiger partial charge in [-0.05, 0) is 19.4 Å². The van der Waals surface area contributed by atoms with Crippen LogP contribution in [0.3, 0.4) is 0 Å². The Morgan fingerprint density at radius 3 is 2.86 bits per heavy atom. The number of aromatic amines is 1. The van der Waals surface area contributed by atoms with Crippen molar-refractivity contribution in [3.8, 4) is 0 Å². The van der Waals surface area contributed by atoms with E-state index in [-0.39, 0.29) is 5.56 Å². The lowest BCUT2D eigenvalue weighted by Gasteiger charge is -2.02. The lowest BCUT2D eigenvalue weighted by atomic mass is 10.1. The standard InChI is InChI=1S/C9H9N3O2/c1-5-6(2)9(13)10-8-7(5)3-4-12(14)11-8/h3-4H,1-2H3,(H,10,11,13). The molecule has 0 fully saturated rings. The van der Waals surface area contributed by atoms with Crippen molar-refractivity contribution >= 4 is 11.0 Å². The molecule has 1 N–H and O–H groups in total. The Labute approximate surface area is 79.6 Å². The Balaban J connectivity index is 2.98. The molecule has 0 aromatic carbocycles. The second-order valence-corrected chi connectivity index (χ2v) is 3.18. The summed E-state index contributed by atoms with van der Waals surface area (Å²) in [6, 6.07) is 1.65. The highest BCUT2D eigenvalue weighted by atomic mass is 16.5. The van der Waals surface area contributed by atoms with E-state index in [2.05, 4.69) is 10.1 Å². The molecule has 5 heteroatoms. The second kappa shape index (κ2) is 2.80. The van der Waals surface area contributed by atoms with E-state index in [9.17, 15) is 10.0 Å². The highest BCUT2D eigenvalue weighted by molar-refractivity contribution is 5.78. The molecule has 0 bridgehead atoms. The minimum atomic E-state index is -0.200. The summed E-state index contributed by atoms with van der Waals surface area (Å²) in [6.45, 7) is 3.58. The van der Waals surface area contributed by atoms with Gasteiger partial charge in [0.05, 0.1) is 0 Å². The van der Waals surface area contributed by atoms with Gasteiger partial charge in [0.25, 0.3) is 5.56 Å². The number of aryl methyl sites for hydroxylation is 1. The highest BCUT2D eigenvalue weighted by Gasteiger charge is 2.07. The average molecular weight is 191 g/mol. The van der Waals surface area contributed by atoms with Gasteiger partial charge < -0.3 is 10.2 Å². The largest absolute Gasteiger partial charge is 0.594 e. The van der Waals surface area contributed by atoms with Crippen LogP contribution in [-0.4, -0.2) is 10.1 Å². The molecule has 2 heterocycles. The Morgan fingerprint density at radius 2 is 2.14 bits per heavy atom. The molecule has 0 amide bonds. The van der Waals surface area contributed by atoms with E-state index in [1.807, 2.05) is 6.92 Å². The summed E-state index contributed by atoms with van der Waals surface area (Å²) >= 11 is 0. The second-order valence-electron chi connectivity index (χ2n) is 3.18. The van der Waals surface area contributed by atoms with Gasteiger partial charge in [0, 0.05) is 22.1 Å². The molecular formula is C9H9N3O2. The van der Waals surface area contributed by atoms with Crippen LogP contribution >= 0.6 is 0 Å². The number of pyridine rings is 1. The number of nitrogens with zero attached hydrogens (tertiary/aromatic N) is 2. The third-order valence-corrected chi connectivity index (χ3v) is 2.36. The van der Waals surface area contributed by atoms with Crippen LogP contribution < -0.4 is 10.4 Å². The van der Waals surface area contributed by atoms with Crippen molar-refractivity contribution in [1.29, 1.82) is 0 Å². The zero-order valence-corrected chi connectivity index (χ0v) is 7.87. The fraction of sp³-hybridized carbons (Fsp3) is 0.222. The molecule has 5 nitrogen and oxygen atoms in total. The molecule has 0 saturated carbocycles. The van der Waals surface area contributed by atoms with E-state index in [1.54, 1.807) is 13.0 Å². The molecule has 0 aliphatic rings. The van der Waals surface area contributed by atoms with Gasteiger partial charge in [-0.3, -0.25) is 4.79 Å². The number of nitrogens with one attached hydrogen (secondary N) is 1. The monoisotopic (exact) mass is 191 g/mol. The normalized spacial score (nSPS) is 10.7. The Bertz CT molecular complexity index is 560. The number of hydrogen-bond acceptors (Lipinski definition) is 3. The van der Waals surface area contributed by atoms with Gasteiger partial charge in [-0.1, -0.05) is 4.85 Å². The highest BCUT2D eigenvalue weighted by Crippen LogP contribution is 2.12. The van der Waals surface area contributed by atoms with Crippen molar-refractivity contribution in [2.75, 3.05) is 0 Å². The van der Waals surface area contributed by atoms with Crippen LogP contribution in [0.5, 0.6) is 0 Å². The summed E-state index contributed by atoms with van der Waals surface area (Å²) < 4.78 is 0. The fourth-order valence-electron chi connectivity index (χ4n) is 1.37. The maximum atomic E-state index is 11.4. The van der Waals surface area contributed by atoms with Crippen molar-refractivity contribution in [2.24, 2.45) is 0 Å². The third kappa shape index (κ3) is 1.14.